The van der Waals surface area contributed by atoms with Crippen molar-refractivity contribution in [1.82, 2.24) is 9.80 Å². The molecule has 1 saturated heterocycles. The van der Waals surface area contributed by atoms with Crippen LogP contribution in [-0.2, 0) is 4.79 Å². The number of hydrogen-bond donors (Lipinski definition) is 0. The van der Waals surface area contributed by atoms with Crippen molar-refractivity contribution >= 4 is 11.7 Å². The highest BCUT2D eigenvalue weighted by atomic mass is 16.2. The van der Waals surface area contributed by atoms with Crippen molar-refractivity contribution in [2.75, 3.05) is 26.2 Å². The van der Waals surface area contributed by atoms with E-state index in [9.17, 15) is 9.59 Å². The van der Waals surface area contributed by atoms with Gasteiger partial charge in [0.05, 0.1) is 5.92 Å². The van der Waals surface area contributed by atoms with Crippen molar-refractivity contribution in [3.05, 3.63) is 71.3 Å². The summed E-state index contributed by atoms with van der Waals surface area (Å²) in [5.41, 5.74) is 2.23. The number of hydrogen-bond acceptors (Lipinski definition) is 3. The van der Waals surface area contributed by atoms with Gasteiger partial charge < -0.3 is 4.90 Å². The summed E-state index contributed by atoms with van der Waals surface area (Å²) < 4.78 is 0. The average molecular weight is 405 g/mol. The van der Waals surface area contributed by atoms with Gasteiger partial charge in [0, 0.05) is 43.3 Å². The molecular formula is C26H32N2O2. The Morgan fingerprint density at radius 2 is 1.50 bits per heavy atom. The minimum Gasteiger partial charge on any atom is -0.340 e. The summed E-state index contributed by atoms with van der Waals surface area (Å²) >= 11 is 0. The molecule has 0 aromatic heterocycles. The Hall–Kier alpha value is -2.46. The van der Waals surface area contributed by atoms with Crippen molar-refractivity contribution < 1.29 is 9.59 Å². The molecule has 1 atom stereocenters. The van der Waals surface area contributed by atoms with Gasteiger partial charge in [-0.15, -0.1) is 0 Å². The van der Waals surface area contributed by atoms with Gasteiger partial charge in [-0.25, -0.2) is 0 Å². The third-order valence-electron chi connectivity index (χ3n) is 6.77. The summed E-state index contributed by atoms with van der Waals surface area (Å²) in [6.07, 6.45) is 6.69. The van der Waals surface area contributed by atoms with Gasteiger partial charge in [-0.1, -0.05) is 67.8 Å². The largest absolute Gasteiger partial charge is 0.340 e. The summed E-state index contributed by atoms with van der Waals surface area (Å²) in [5, 5.41) is 0. The van der Waals surface area contributed by atoms with E-state index in [1.54, 1.807) is 0 Å². The van der Waals surface area contributed by atoms with E-state index in [0.29, 0.717) is 17.2 Å². The number of benzene rings is 2. The molecule has 2 aromatic rings. The molecule has 0 spiro atoms. The van der Waals surface area contributed by atoms with E-state index in [1.165, 1.54) is 32.1 Å². The summed E-state index contributed by atoms with van der Waals surface area (Å²) in [6.45, 7) is 5.54. The lowest BCUT2D eigenvalue weighted by Crippen LogP contribution is -2.53. The van der Waals surface area contributed by atoms with Crippen molar-refractivity contribution in [1.29, 1.82) is 0 Å². The first-order valence-corrected chi connectivity index (χ1v) is 11.4. The minimum atomic E-state index is -0.241. The molecule has 2 aliphatic rings. The van der Waals surface area contributed by atoms with Gasteiger partial charge in [-0.2, -0.15) is 0 Å². The van der Waals surface area contributed by atoms with Crippen LogP contribution >= 0.6 is 0 Å². The zero-order valence-electron chi connectivity index (χ0n) is 17.9. The molecule has 1 aliphatic carbocycles. The third-order valence-corrected chi connectivity index (χ3v) is 6.77. The van der Waals surface area contributed by atoms with Crippen LogP contribution in [0.25, 0.3) is 0 Å². The van der Waals surface area contributed by atoms with E-state index in [1.807, 2.05) is 66.4 Å². The number of carbonyl (C=O) groups is 2. The monoisotopic (exact) mass is 404 g/mol. The molecule has 4 rings (SSSR count). The molecule has 158 valence electrons. The Labute approximate surface area is 179 Å². The van der Waals surface area contributed by atoms with Crippen LogP contribution in [-0.4, -0.2) is 53.7 Å². The number of carbonyl (C=O) groups excluding carboxylic acids is 2. The fourth-order valence-corrected chi connectivity index (χ4v) is 4.88. The lowest BCUT2D eigenvalue weighted by Gasteiger charge is -2.41. The molecule has 2 aromatic carbocycles. The predicted molar refractivity (Wildman–Crippen MR) is 120 cm³/mol. The minimum absolute atomic E-state index is 0.00167. The highest BCUT2D eigenvalue weighted by Gasteiger charge is 2.29. The third kappa shape index (κ3) is 4.65. The van der Waals surface area contributed by atoms with Crippen LogP contribution < -0.4 is 0 Å². The van der Waals surface area contributed by atoms with Crippen molar-refractivity contribution in [3.63, 3.8) is 0 Å². The zero-order valence-corrected chi connectivity index (χ0v) is 17.9. The van der Waals surface area contributed by atoms with E-state index >= 15 is 0 Å². The number of nitrogens with zero attached hydrogens (tertiary/aromatic N) is 2. The molecule has 2 fully saturated rings. The molecule has 0 N–H and O–H groups in total. The quantitative estimate of drug-likeness (QED) is 0.689. The molecule has 0 bridgehead atoms. The Balaban J connectivity index is 1.39. The van der Waals surface area contributed by atoms with E-state index < -0.39 is 0 Å². The maximum Gasteiger partial charge on any atom is 0.229 e. The van der Waals surface area contributed by atoms with Gasteiger partial charge in [-0.05, 0) is 31.4 Å². The van der Waals surface area contributed by atoms with Crippen LogP contribution in [0.15, 0.2) is 54.6 Å². The Morgan fingerprint density at radius 1 is 0.833 bits per heavy atom. The van der Waals surface area contributed by atoms with Crippen molar-refractivity contribution in [3.8, 4) is 0 Å². The van der Waals surface area contributed by atoms with Crippen LogP contribution in [0.5, 0.6) is 0 Å². The van der Waals surface area contributed by atoms with Gasteiger partial charge in [-0.3, -0.25) is 14.5 Å². The Bertz CT molecular complexity index is 866. The second kappa shape index (κ2) is 9.57. The maximum atomic E-state index is 13.2. The topological polar surface area (TPSA) is 40.6 Å². The number of ketones is 1. The first-order chi connectivity index (χ1) is 14.6. The fourth-order valence-electron chi connectivity index (χ4n) is 4.88. The second-order valence-electron chi connectivity index (χ2n) is 8.70. The van der Waals surface area contributed by atoms with Crippen LogP contribution in [0.2, 0.25) is 0 Å². The van der Waals surface area contributed by atoms with E-state index in [2.05, 4.69) is 4.90 Å². The van der Waals surface area contributed by atoms with Gasteiger partial charge in [0.15, 0.2) is 5.78 Å². The van der Waals surface area contributed by atoms with Crippen LogP contribution in [0.3, 0.4) is 0 Å². The molecule has 0 radical (unpaired) electrons. The second-order valence-corrected chi connectivity index (χ2v) is 8.70. The highest BCUT2D eigenvalue weighted by molar-refractivity contribution is 6.09. The maximum absolute atomic E-state index is 13.2. The molecular weight excluding hydrogens is 372 g/mol. The predicted octanol–water partition coefficient (Wildman–Crippen LogP) is 4.50. The molecule has 1 amide bonds. The zero-order chi connectivity index (χ0) is 20.9. The smallest absolute Gasteiger partial charge is 0.229 e. The number of rotatable bonds is 5. The summed E-state index contributed by atoms with van der Waals surface area (Å²) in [6, 6.07) is 17.6. The SMILES string of the molecule is CC(C(=O)N1CCN(C2CCCCC2)CC1)c1cccc(C(=O)c2ccccc2)c1. The molecule has 4 nitrogen and oxygen atoms in total. The van der Waals surface area contributed by atoms with Gasteiger partial charge >= 0.3 is 0 Å². The molecule has 4 heteroatoms. The van der Waals surface area contributed by atoms with Gasteiger partial charge in [0.2, 0.25) is 5.91 Å². The number of piperazine rings is 1. The molecule has 30 heavy (non-hydrogen) atoms. The number of amides is 1. The van der Waals surface area contributed by atoms with E-state index in [0.717, 1.165) is 31.7 Å². The summed E-state index contributed by atoms with van der Waals surface area (Å²) in [4.78, 5) is 30.5. The van der Waals surface area contributed by atoms with Crippen LogP contribution in [0, 0.1) is 0 Å². The lowest BCUT2D eigenvalue weighted by atomic mass is 9.93. The van der Waals surface area contributed by atoms with Crippen molar-refractivity contribution in [2.24, 2.45) is 0 Å². The van der Waals surface area contributed by atoms with Crippen LogP contribution in [0.1, 0.15) is 66.4 Å². The average Bonchev–Trinajstić information content (AvgIpc) is 2.84. The fraction of sp³-hybridized carbons (Fsp3) is 0.462. The van der Waals surface area contributed by atoms with E-state index in [-0.39, 0.29) is 17.6 Å². The highest BCUT2D eigenvalue weighted by Crippen LogP contribution is 2.25. The van der Waals surface area contributed by atoms with Gasteiger partial charge in [0.1, 0.15) is 0 Å². The van der Waals surface area contributed by atoms with Crippen LogP contribution in [0.4, 0.5) is 0 Å². The first-order valence-electron chi connectivity index (χ1n) is 11.4. The first kappa shape index (κ1) is 20.8. The molecule has 1 heterocycles. The molecule has 1 unspecified atom stereocenters. The lowest BCUT2D eigenvalue weighted by molar-refractivity contribution is -0.134. The normalized spacial score (nSPS) is 19.4. The molecule has 1 aliphatic heterocycles. The van der Waals surface area contributed by atoms with E-state index in [4.69, 9.17) is 0 Å². The Kier molecular flexibility index (Phi) is 6.63. The standard InChI is InChI=1S/C26H32N2O2/c1-20(22-11-8-12-23(19-22)25(29)21-9-4-2-5-10-21)26(30)28-17-15-27(16-18-28)24-13-6-3-7-14-24/h2,4-5,8-12,19-20,24H,3,6-7,13-18H2,1H3. The summed E-state index contributed by atoms with van der Waals surface area (Å²) in [7, 11) is 0. The molecule has 1 saturated carbocycles. The van der Waals surface area contributed by atoms with Crippen molar-refractivity contribution in [2.45, 2.75) is 51.0 Å². The van der Waals surface area contributed by atoms with Gasteiger partial charge in [0.25, 0.3) is 0 Å². The summed E-state index contributed by atoms with van der Waals surface area (Å²) in [5.74, 6) is -0.0736. The Morgan fingerprint density at radius 3 is 2.20 bits per heavy atom.